The quantitative estimate of drug-likeness (QED) is 0.634. The van der Waals surface area contributed by atoms with Crippen molar-refractivity contribution in [3.05, 3.63) is 64.7 Å². The summed E-state index contributed by atoms with van der Waals surface area (Å²) in [6, 6.07) is 14.8. The van der Waals surface area contributed by atoms with E-state index in [9.17, 15) is 13.2 Å². The Labute approximate surface area is 191 Å². The maximum Gasteiger partial charge on any atom is 0.252 e. The lowest BCUT2D eigenvalue weighted by Gasteiger charge is -2.24. The van der Waals surface area contributed by atoms with Gasteiger partial charge in [-0.05, 0) is 35.7 Å². The van der Waals surface area contributed by atoms with Gasteiger partial charge in [0.1, 0.15) is 5.75 Å². The van der Waals surface area contributed by atoms with Crippen molar-refractivity contribution in [2.24, 2.45) is 4.99 Å². The van der Waals surface area contributed by atoms with Gasteiger partial charge in [0, 0.05) is 16.8 Å². The van der Waals surface area contributed by atoms with E-state index < -0.39 is 9.84 Å². The fourth-order valence-electron chi connectivity index (χ4n) is 3.89. The number of fused-ring (bicyclic) bond motifs is 1. The highest BCUT2D eigenvalue weighted by Gasteiger charge is 2.48. The van der Waals surface area contributed by atoms with Crippen LogP contribution in [0.15, 0.2) is 53.5 Å². The van der Waals surface area contributed by atoms with E-state index in [4.69, 9.17) is 16.3 Å². The van der Waals surface area contributed by atoms with Crippen molar-refractivity contribution in [3.8, 4) is 5.75 Å². The largest absolute Gasteiger partial charge is 0.497 e. The molecule has 31 heavy (non-hydrogen) atoms. The fourth-order valence-corrected chi connectivity index (χ4v) is 8.09. The highest BCUT2D eigenvalue weighted by molar-refractivity contribution is 8.15. The molecule has 0 aliphatic carbocycles. The molecule has 6 nitrogen and oxygen atoms in total. The van der Waals surface area contributed by atoms with Crippen molar-refractivity contribution in [3.63, 3.8) is 0 Å². The van der Waals surface area contributed by atoms with E-state index in [0.717, 1.165) is 16.9 Å². The summed E-state index contributed by atoms with van der Waals surface area (Å²) in [7, 11) is -1.45. The highest BCUT2D eigenvalue weighted by Crippen LogP contribution is 2.38. The smallest absolute Gasteiger partial charge is 0.252 e. The summed E-state index contributed by atoms with van der Waals surface area (Å²) in [5, 5.41) is 1.05. The molecular weight excluding hydrogens is 456 g/mol. The van der Waals surface area contributed by atoms with Crippen LogP contribution in [-0.2, 0) is 27.5 Å². The van der Waals surface area contributed by atoms with E-state index in [0.29, 0.717) is 23.2 Å². The zero-order valence-electron chi connectivity index (χ0n) is 17.0. The number of rotatable bonds is 6. The third-order valence-corrected chi connectivity index (χ3v) is 9.11. The Kier molecular flexibility index (Phi) is 6.60. The standard InChI is InChI=1S/C22H23ClN2O4S2/c1-29-17-8-6-15(7-9-17)10-11-25-19-13-31(27,28)14-20(19)30-22(25)24-21(26)12-16-4-2-3-5-18(16)23/h2-9,19-20H,10-14H2,1H3. The number of ether oxygens (including phenoxy) is 1. The fraction of sp³-hybridized carbons (Fsp3) is 0.364. The number of amidine groups is 1. The highest BCUT2D eigenvalue weighted by atomic mass is 35.5. The minimum absolute atomic E-state index is 0.0901. The van der Waals surface area contributed by atoms with Gasteiger partial charge in [0.25, 0.3) is 5.91 Å². The van der Waals surface area contributed by atoms with Gasteiger partial charge < -0.3 is 9.64 Å². The lowest BCUT2D eigenvalue weighted by molar-refractivity contribution is -0.117. The van der Waals surface area contributed by atoms with Gasteiger partial charge in [-0.2, -0.15) is 4.99 Å². The Balaban J connectivity index is 1.51. The van der Waals surface area contributed by atoms with E-state index >= 15 is 0 Å². The molecule has 2 aliphatic rings. The molecule has 2 saturated heterocycles. The maximum atomic E-state index is 12.6. The summed E-state index contributed by atoms with van der Waals surface area (Å²) < 4.78 is 29.5. The van der Waals surface area contributed by atoms with E-state index in [1.165, 1.54) is 11.8 Å². The molecule has 2 heterocycles. The number of carbonyl (C=O) groups excluding carboxylic acids is 1. The number of methoxy groups -OCH3 is 1. The molecule has 0 spiro atoms. The number of benzene rings is 2. The number of amides is 1. The molecule has 2 aliphatic heterocycles. The van der Waals surface area contributed by atoms with Crippen LogP contribution in [0.2, 0.25) is 5.02 Å². The Morgan fingerprint density at radius 2 is 1.94 bits per heavy atom. The number of carbonyl (C=O) groups is 1. The summed E-state index contributed by atoms with van der Waals surface area (Å²) in [6.45, 7) is 0.591. The third kappa shape index (κ3) is 5.25. The number of hydrogen-bond donors (Lipinski definition) is 0. The third-order valence-electron chi connectivity index (χ3n) is 5.50. The van der Waals surface area contributed by atoms with Gasteiger partial charge in [0.15, 0.2) is 15.0 Å². The zero-order chi connectivity index (χ0) is 22.0. The Morgan fingerprint density at radius 3 is 2.65 bits per heavy atom. The summed E-state index contributed by atoms with van der Waals surface area (Å²) >= 11 is 7.57. The summed E-state index contributed by atoms with van der Waals surface area (Å²) in [5.41, 5.74) is 1.84. The predicted octanol–water partition coefficient (Wildman–Crippen LogP) is 3.23. The first-order valence-corrected chi connectivity index (χ1v) is 13.0. The minimum atomic E-state index is -3.07. The minimum Gasteiger partial charge on any atom is -0.497 e. The first kappa shape index (κ1) is 22.2. The molecule has 9 heteroatoms. The SMILES string of the molecule is COc1ccc(CCN2C(=NC(=O)Cc3ccccc3Cl)SC3CS(=O)(=O)CC32)cc1. The van der Waals surface area contributed by atoms with Crippen LogP contribution in [0, 0.1) is 0 Å². The Morgan fingerprint density at radius 1 is 1.19 bits per heavy atom. The molecule has 0 radical (unpaired) electrons. The van der Waals surface area contributed by atoms with Crippen molar-refractivity contribution in [2.45, 2.75) is 24.1 Å². The predicted molar refractivity (Wildman–Crippen MR) is 125 cm³/mol. The molecule has 2 atom stereocenters. The molecule has 0 N–H and O–H groups in total. The molecular formula is C22H23ClN2O4S2. The van der Waals surface area contributed by atoms with Crippen molar-refractivity contribution in [1.82, 2.24) is 4.90 Å². The van der Waals surface area contributed by atoms with Gasteiger partial charge in [0.2, 0.25) is 0 Å². The van der Waals surface area contributed by atoms with E-state index in [2.05, 4.69) is 4.99 Å². The molecule has 0 saturated carbocycles. The average molecular weight is 479 g/mol. The van der Waals surface area contributed by atoms with Crippen LogP contribution in [0.3, 0.4) is 0 Å². The second kappa shape index (κ2) is 9.22. The monoisotopic (exact) mass is 478 g/mol. The average Bonchev–Trinajstić information content (AvgIpc) is 3.19. The molecule has 1 amide bonds. The Bertz CT molecular complexity index is 1100. The lowest BCUT2D eigenvalue weighted by atomic mass is 10.1. The van der Waals surface area contributed by atoms with Crippen LogP contribution >= 0.6 is 23.4 Å². The van der Waals surface area contributed by atoms with E-state index in [1.807, 2.05) is 47.4 Å². The lowest BCUT2D eigenvalue weighted by Crippen LogP contribution is -2.39. The van der Waals surface area contributed by atoms with Gasteiger partial charge in [-0.3, -0.25) is 4.79 Å². The normalized spacial score (nSPS) is 23.2. The summed E-state index contributed by atoms with van der Waals surface area (Å²) in [4.78, 5) is 19.0. The van der Waals surface area contributed by atoms with Crippen LogP contribution in [0.4, 0.5) is 0 Å². The van der Waals surface area contributed by atoms with E-state index in [1.54, 1.807) is 13.2 Å². The van der Waals surface area contributed by atoms with Crippen molar-refractivity contribution >= 4 is 44.3 Å². The van der Waals surface area contributed by atoms with Crippen molar-refractivity contribution in [2.75, 3.05) is 25.2 Å². The Hall–Kier alpha value is -2.03. The van der Waals surface area contributed by atoms with Crippen molar-refractivity contribution < 1.29 is 17.9 Å². The molecule has 4 rings (SSSR count). The van der Waals surface area contributed by atoms with Crippen LogP contribution in [0.5, 0.6) is 5.75 Å². The number of nitrogens with zero attached hydrogens (tertiary/aromatic N) is 2. The van der Waals surface area contributed by atoms with Gasteiger partial charge in [0.05, 0.1) is 31.1 Å². The van der Waals surface area contributed by atoms with Gasteiger partial charge in [-0.25, -0.2) is 8.42 Å². The number of sulfone groups is 1. The molecule has 0 bridgehead atoms. The molecule has 2 aromatic rings. The number of hydrogen-bond acceptors (Lipinski definition) is 5. The molecule has 2 unspecified atom stereocenters. The van der Waals surface area contributed by atoms with Crippen LogP contribution < -0.4 is 4.74 Å². The molecule has 0 aromatic heterocycles. The molecule has 164 valence electrons. The molecule has 2 aromatic carbocycles. The van der Waals surface area contributed by atoms with Crippen molar-refractivity contribution in [1.29, 1.82) is 0 Å². The van der Waals surface area contributed by atoms with Gasteiger partial charge >= 0.3 is 0 Å². The maximum absolute atomic E-state index is 12.6. The van der Waals surface area contributed by atoms with Gasteiger partial charge in [-0.1, -0.05) is 53.7 Å². The van der Waals surface area contributed by atoms with E-state index in [-0.39, 0.29) is 35.1 Å². The number of aliphatic imine (C=N–C) groups is 1. The second-order valence-electron chi connectivity index (χ2n) is 7.65. The zero-order valence-corrected chi connectivity index (χ0v) is 19.4. The first-order chi connectivity index (χ1) is 14.8. The second-order valence-corrected chi connectivity index (χ2v) is 11.4. The number of thioether (sulfide) groups is 1. The summed E-state index contributed by atoms with van der Waals surface area (Å²) in [6.07, 6.45) is 0.829. The van der Waals surface area contributed by atoms with Gasteiger partial charge in [-0.15, -0.1) is 0 Å². The first-order valence-electron chi connectivity index (χ1n) is 9.96. The van der Waals surface area contributed by atoms with Crippen LogP contribution in [0.25, 0.3) is 0 Å². The van der Waals surface area contributed by atoms with Crippen LogP contribution in [0.1, 0.15) is 11.1 Å². The van der Waals surface area contributed by atoms with Crippen LogP contribution in [-0.4, -0.2) is 60.8 Å². The molecule has 2 fully saturated rings. The number of halogens is 1. The topological polar surface area (TPSA) is 76.0 Å². The summed E-state index contributed by atoms with van der Waals surface area (Å²) in [5.74, 6) is 0.729.